The van der Waals surface area contributed by atoms with Crippen LogP contribution in [0, 0.1) is 19.8 Å². The molecule has 1 aliphatic heterocycles. The summed E-state index contributed by atoms with van der Waals surface area (Å²) in [6, 6.07) is 0.721. The summed E-state index contributed by atoms with van der Waals surface area (Å²) in [4.78, 5) is 7.16. The minimum Gasteiger partial charge on any atom is -0.496 e. The van der Waals surface area contributed by atoms with Crippen LogP contribution in [0.5, 0.6) is 5.75 Å². The number of hydrogen-bond donors (Lipinski definition) is 1. The number of piperidine rings is 1. The highest BCUT2D eigenvalue weighted by molar-refractivity contribution is 5.85. The minimum atomic E-state index is 0. The predicted molar refractivity (Wildman–Crippen MR) is 104 cm³/mol. The van der Waals surface area contributed by atoms with E-state index in [-0.39, 0.29) is 24.8 Å². The van der Waals surface area contributed by atoms with Gasteiger partial charge in [-0.15, -0.1) is 24.8 Å². The highest BCUT2D eigenvalue weighted by atomic mass is 35.5. The third-order valence-electron chi connectivity index (χ3n) is 5.10. The van der Waals surface area contributed by atoms with Crippen LogP contribution in [0.4, 0.5) is 0 Å². The number of ether oxygens (including phenoxy) is 1. The number of aryl methyl sites for hydroxylation is 1. The zero-order chi connectivity index (χ0) is 15.5. The van der Waals surface area contributed by atoms with E-state index in [1.165, 1.54) is 50.9 Å². The Kier molecular flexibility index (Phi) is 8.78. The van der Waals surface area contributed by atoms with Crippen molar-refractivity contribution in [3.8, 4) is 5.75 Å². The molecule has 1 N–H and O–H groups in total. The molecule has 1 aromatic heterocycles. The fourth-order valence-electron chi connectivity index (χ4n) is 3.39. The summed E-state index contributed by atoms with van der Waals surface area (Å²) in [5.41, 5.74) is 3.47. The summed E-state index contributed by atoms with van der Waals surface area (Å²) in [6.07, 6.45) is 7.33. The minimum absolute atomic E-state index is 0. The van der Waals surface area contributed by atoms with Crippen LogP contribution in [0.15, 0.2) is 6.20 Å². The maximum atomic E-state index is 5.51. The second-order valence-corrected chi connectivity index (χ2v) is 6.95. The van der Waals surface area contributed by atoms with Gasteiger partial charge in [0.15, 0.2) is 0 Å². The van der Waals surface area contributed by atoms with Crippen molar-refractivity contribution >= 4 is 24.8 Å². The van der Waals surface area contributed by atoms with Gasteiger partial charge in [-0.05, 0) is 52.0 Å². The van der Waals surface area contributed by atoms with Gasteiger partial charge in [-0.1, -0.05) is 0 Å². The van der Waals surface area contributed by atoms with Crippen LogP contribution in [0.2, 0.25) is 0 Å². The van der Waals surface area contributed by atoms with Crippen LogP contribution in [-0.4, -0.2) is 42.7 Å². The maximum absolute atomic E-state index is 5.51. The van der Waals surface area contributed by atoms with Crippen molar-refractivity contribution in [3.05, 3.63) is 23.0 Å². The van der Waals surface area contributed by atoms with Gasteiger partial charge in [-0.25, -0.2) is 0 Å². The molecule has 6 heteroatoms. The molecule has 2 fully saturated rings. The summed E-state index contributed by atoms with van der Waals surface area (Å²) in [5, 5.41) is 3.74. The number of likely N-dealkylation sites (tertiary alicyclic amines) is 1. The van der Waals surface area contributed by atoms with Crippen molar-refractivity contribution < 1.29 is 4.74 Å². The lowest BCUT2D eigenvalue weighted by molar-refractivity contribution is 0.187. The molecule has 0 radical (unpaired) electrons. The average molecular weight is 376 g/mol. The summed E-state index contributed by atoms with van der Waals surface area (Å²) in [5.74, 6) is 1.97. The van der Waals surface area contributed by atoms with E-state index in [9.17, 15) is 0 Å². The van der Waals surface area contributed by atoms with Gasteiger partial charge >= 0.3 is 0 Å². The van der Waals surface area contributed by atoms with Crippen LogP contribution < -0.4 is 10.1 Å². The number of aromatic nitrogens is 1. The smallest absolute Gasteiger partial charge is 0.128 e. The van der Waals surface area contributed by atoms with E-state index in [4.69, 9.17) is 4.74 Å². The second-order valence-electron chi connectivity index (χ2n) is 6.95. The molecule has 0 atom stereocenters. The number of halogens is 2. The molecule has 4 nitrogen and oxygen atoms in total. The summed E-state index contributed by atoms with van der Waals surface area (Å²) in [6.45, 7) is 8.69. The monoisotopic (exact) mass is 375 g/mol. The van der Waals surface area contributed by atoms with Crippen LogP contribution in [-0.2, 0) is 6.54 Å². The number of rotatable bonds is 6. The Morgan fingerprint density at radius 2 is 1.83 bits per heavy atom. The van der Waals surface area contributed by atoms with Crippen LogP contribution >= 0.6 is 24.8 Å². The van der Waals surface area contributed by atoms with Crippen molar-refractivity contribution in [1.29, 1.82) is 0 Å². The van der Waals surface area contributed by atoms with E-state index < -0.39 is 0 Å². The van der Waals surface area contributed by atoms with Gasteiger partial charge in [0.1, 0.15) is 5.75 Å². The molecule has 1 saturated heterocycles. The molecule has 3 rings (SSSR count). The highest BCUT2D eigenvalue weighted by Gasteiger charge is 2.24. The standard InChI is InChI=1S/C18H29N3O.2ClH/c1-13-10-20-17(14(2)18(13)22-3)12-21-8-6-16(7-9-21)19-11-15-4-5-15;;/h10,15-16,19H,4-9,11-12H2,1-3H3;2*1H. The second kappa shape index (κ2) is 9.81. The molecule has 0 amide bonds. The molecule has 1 aromatic rings. The molecule has 0 unspecified atom stereocenters. The Labute approximate surface area is 158 Å². The Morgan fingerprint density at radius 3 is 2.42 bits per heavy atom. The lowest BCUT2D eigenvalue weighted by Gasteiger charge is -2.32. The van der Waals surface area contributed by atoms with Gasteiger partial charge < -0.3 is 10.1 Å². The van der Waals surface area contributed by atoms with E-state index in [1.54, 1.807) is 7.11 Å². The third kappa shape index (κ3) is 5.48. The predicted octanol–water partition coefficient (Wildman–Crippen LogP) is 3.51. The van der Waals surface area contributed by atoms with Crippen molar-refractivity contribution in [1.82, 2.24) is 15.2 Å². The molecule has 24 heavy (non-hydrogen) atoms. The zero-order valence-electron chi connectivity index (χ0n) is 15.0. The third-order valence-corrected chi connectivity index (χ3v) is 5.10. The van der Waals surface area contributed by atoms with Gasteiger partial charge in [0, 0.05) is 43.0 Å². The lowest BCUT2D eigenvalue weighted by Crippen LogP contribution is -2.42. The molecule has 138 valence electrons. The van der Waals surface area contributed by atoms with Crippen LogP contribution in [0.25, 0.3) is 0 Å². The van der Waals surface area contributed by atoms with E-state index in [0.29, 0.717) is 0 Å². The normalized spacial score (nSPS) is 18.6. The Balaban J connectivity index is 0.00000144. The first-order valence-electron chi connectivity index (χ1n) is 8.62. The fourth-order valence-corrected chi connectivity index (χ4v) is 3.39. The molecule has 1 aliphatic carbocycles. The largest absolute Gasteiger partial charge is 0.496 e. The zero-order valence-corrected chi connectivity index (χ0v) is 16.6. The average Bonchev–Trinajstić information content (AvgIpc) is 3.34. The summed E-state index contributed by atoms with van der Waals surface area (Å²) >= 11 is 0. The van der Waals surface area contributed by atoms with Gasteiger partial charge in [0.2, 0.25) is 0 Å². The van der Waals surface area contributed by atoms with Crippen LogP contribution in [0.1, 0.15) is 42.5 Å². The van der Waals surface area contributed by atoms with E-state index in [2.05, 4.69) is 29.0 Å². The number of hydrogen-bond acceptors (Lipinski definition) is 4. The van der Waals surface area contributed by atoms with Gasteiger partial charge in [0.25, 0.3) is 0 Å². The Hall–Kier alpha value is -0.550. The first kappa shape index (κ1) is 21.5. The topological polar surface area (TPSA) is 37.4 Å². The molecule has 0 spiro atoms. The van der Waals surface area contributed by atoms with E-state index >= 15 is 0 Å². The first-order valence-corrected chi connectivity index (χ1v) is 8.62. The number of methoxy groups -OCH3 is 1. The molecule has 1 saturated carbocycles. The molecule has 0 bridgehead atoms. The van der Waals surface area contributed by atoms with E-state index in [0.717, 1.165) is 35.5 Å². The Bertz CT molecular complexity index is 515. The van der Waals surface area contributed by atoms with Gasteiger partial charge in [-0.2, -0.15) is 0 Å². The number of pyridine rings is 1. The quantitative estimate of drug-likeness (QED) is 0.825. The van der Waals surface area contributed by atoms with Gasteiger partial charge in [0.05, 0.1) is 12.8 Å². The van der Waals surface area contributed by atoms with E-state index in [1.807, 2.05) is 6.20 Å². The number of nitrogens with zero attached hydrogens (tertiary/aromatic N) is 2. The molecule has 2 heterocycles. The Morgan fingerprint density at radius 1 is 1.17 bits per heavy atom. The molecular weight excluding hydrogens is 345 g/mol. The molecule has 0 aromatic carbocycles. The summed E-state index contributed by atoms with van der Waals surface area (Å²) < 4.78 is 5.51. The van der Waals surface area contributed by atoms with Crippen molar-refractivity contribution in [3.63, 3.8) is 0 Å². The summed E-state index contributed by atoms with van der Waals surface area (Å²) in [7, 11) is 1.75. The van der Waals surface area contributed by atoms with Gasteiger partial charge in [-0.3, -0.25) is 9.88 Å². The van der Waals surface area contributed by atoms with Crippen LogP contribution in [0.3, 0.4) is 0 Å². The number of nitrogens with one attached hydrogen (secondary N) is 1. The lowest BCUT2D eigenvalue weighted by atomic mass is 10.0. The van der Waals surface area contributed by atoms with Crippen molar-refractivity contribution in [2.24, 2.45) is 5.92 Å². The van der Waals surface area contributed by atoms with Crippen molar-refractivity contribution in [2.75, 3.05) is 26.7 Å². The SMILES string of the molecule is COc1c(C)cnc(CN2CCC(NCC3CC3)CC2)c1C.Cl.Cl. The maximum Gasteiger partial charge on any atom is 0.128 e. The fraction of sp³-hybridized carbons (Fsp3) is 0.722. The molecule has 2 aliphatic rings. The first-order chi connectivity index (χ1) is 10.7. The van der Waals surface area contributed by atoms with Crippen molar-refractivity contribution in [2.45, 2.75) is 52.1 Å². The highest BCUT2D eigenvalue weighted by Crippen LogP contribution is 2.28. The molecular formula is C18H31Cl2N3O.